The largest absolute Gasteiger partial charge is 0.456 e. The minimum atomic E-state index is -0.219. The summed E-state index contributed by atoms with van der Waals surface area (Å²) >= 11 is 0. The maximum absolute atomic E-state index is 12.3. The Kier molecular flexibility index (Phi) is 6.80. The van der Waals surface area contributed by atoms with E-state index in [1.54, 1.807) is 0 Å². The van der Waals surface area contributed by atoms with E-state index in [0.717, 1.165) is 54.3 Å². The normalized spacial score (nSPS) is 11.6. The van der Waals surface area contributed by atoms with Crippen LogP contribution in [0.25, 0.3) is 10.8 Å². The molecule has 2 aromatic rings. The molecule has 130 valence electrons. The first-order valence-electron chi connectivity index (χ1n) is 9.15. The fourth-order valence-corrected chi connectivity index (χ4v) is 3.49. The molecule has 0 amide bonds. The van der Waals surface area contributed by atoms with Crippen LogP contribution >= 0.6 is 0 Å². The van der Waals surface area contributed by atoms with E-state index in [0.29, 0.717) is 12.2 Å². The lowest BCUT2D eigenvalue weighted by atomic mass is 10.1. The smallest absolute Gasteiger partial charge is 0.338 e. The molecule has 0 atom stereocenters. The number of carbonyl (C=O) groups excluding carboxylic acids is 1. The van der Waals surface area contributed by atoms with Crippen LogP contribution in [0.4, 0.5) is 0 Å². The van der Waals surface area contributed by atoms with Crippen molar-refractivity contribution in [1.29, 1.82) is 0 Å². The van der Waals surface area contributed by atoms with Crippen LogP contribution in [-0.2, 0) is 4.74 Å². The lowest BCUT2D eigenvalue weighted by Crippen LogP contribution is -2.51. The van der Waals surface area contributed by atoms with Gasteiger partial charge < -0.3 is 9.22 Å². The van der Waals surface area contributed by atoms with Gasteiger partial charge in [0.1, 0.15) is 13.2 Å². The van der Waals surface area contributed by atoms with Crippen molar-refractivity contribution < 1.29 is 14.0 Å². The molecule has 0 saturated heterocycles. The molecule has 2 aromatic carbocycles. The quantitative estimate of drug-likeness (QED) is 0.494. The Hall–Kier alpha value is -1.87. The molecule has 3 nitrogen and oxygen atoms in total. The molecule has 0 radical (unpaired) electrons. The van der Waals surface area contributed by atoms with Crippen molar-refractivity contribution in [2.45, 2.75) is 33.6 Å². The van der Waals surface area contributed by atoms with Gasteiger partial charge in [0, 0.05) is 0 Å². The summed E-state index contributed by atoms with van der Waals surface area (Å²) in [5.74, 6) is -0.219. The van der Waals surface area contributed by atoms with Crippen molar-refractivity contribution in [2.75, 3.05) is 32.8 Å². The van der Waals surface area contributed by atoms with Crippen molar-refractivity contribution in [3.8, 4) is 0 Å². The fourth-order valence-electron chi connectivity index (χ4n) is 3.49. The predicted octanol–water partition coefficient (Wildman–Crippen LogP) is 4.65. The molecule has 0 saturated carbocycles. The summed E-state index contributed by atoms with van der Waals surface area (Å²) in [5, 5.41) is 2.21. The van der Waals surface area contributed by atoms with Gasteiger partial charge >= 0.3 is 5.97 Å². The number of benzene rings is 2. The Bertz CT molecular complexity index is 660. The summed E-state index contributed by atoms with van der Waals surface area (Å²) in [6, 6.07) is 13.8. The molecule has 2 rings (SSSR count). The molecule has 24 heavy (non-hydrogen) atoms. The molecule has 0 unspecified atom stereocenters. The van der Waals surface area contributed by atoms with Gasteiger partial charge in [-0.05, 0) is 42.7 Å². The highest BCUT2D eigenvalue weighted by atomic mass is 16.5. The van der Waals surface area contributed by atoms with Gasteiger partial charge in [0.15, 0.2) is 0 Å². The first-order valence-corrected chi connectivity index (χ1v) is 9.15. The third kappa shape index (κ3) is 4.57. The van der Waals surface area contributed by atoms with Gasteiger partial charge in [-0.15, -0.1) is 0 Å². The zero-order chi connectivity index (χ0) is 17.4. The Balaban J connectivity index is 1.98. The molecule has 0 aliphatic rings. The highest BCUT2D eigenvalue weighted by molar-refractivity contribution is 5.95. The average Bonchev–Trinajstić information content (AvgIpc) is 2.61. The van der Waals surface area contributed by atoms with Crippen molar-refractivity contribution in [3.63, 3.8) is 0 Å². The summed E-state index contributed by atoms with van der Waals surface area (Å²) in [4.78, 5) is 12.3. The zero-order valence-electron chi connectivity index (χ0n) is 15.3. The zero-order valence-corrected chi connectivity index (χ0v) is 15.3. The SMILES string of the molecule is CCC[N+](CC)(CCC)CCOC(=O)c1ccc2ccccc2c1. The molecule has 0 aliphatic heterocycles. The van der Waals surface area contributed by atoms with E-state index in [4.69, 9.17) is 4.74 Å². The number of esters is 1. The first kappa shape index (κ1) is 18.5. The standard InChI is InChI=1S/C21H30NO2/c1-4-13-22(6-3,14-5-2)15-16-24-21(23)20-12-11-18-9-7-8-10-19(18)17-20/h7-12,17H,4-6,13-16H2,1-3H3/q+1. The Morgan fingerprint density at radius 2 is 1.58 bits per heavy atom. The molecule has 3 heteroatoms. The van der Waals surface area contributed by atoms with Gasteiger partial charge in [-0.25, -0.2) is 4.79 Å². The number of hydrogen-bond donors (Lipinski definition) is 0. The summed E-state index contributed by atoms with van der Waals surface area (Å²) in [6.07, 6.45) is 2.32. The van der Waals surface area contributed by atoms with E-state index < -0.39 is 0 Å². The van der Waals surface area contributed by atoms with Crippen LogP contribution in [0.2, 0.25) is 0 Å². The molecule has 0 aromatic heterocycles. The predicted molar refractivity (Wildman–Crippen MR) is 100 cm³/mol. The minimum absolute atomic E-state index is 0.219. The summed E-state index contributed by atoms with van der Waals surface area (Å²) in [5.41, 5.74) is 0.634. The molecule has 0 heterocycles. The van der Waals surface area contributed by atoms with Crippen LogP contribution in [0.1, 0.15) is 44.0 Å². The lowest BCUT2D eigenvalue weighted by Gasteiger charge is -2.37. The third-order valence-corrected chi connectivity index (χ3v) is 4.85. The van der Waals surface area contributed by atoms with Crippen molar-refractivity contribution in [3.05, 3.63) is 48.0 Å². The summed E-state index contributed by atoms with van der Waals surface area (Å²) in [6.45, 7) is 11.5. The molecule has 0 N–H and O–H groups in total. The molecule has 0 fully saturated rings. The molecular weight excluding hydrogens is 298 g/mol. The van der Waals surface area contributed by atoms with E-state index in [1.165, 1.54) is 0 Å². The number of carbonyl (C=O) groups is 1. The van der Waals surface area contributed by atoms with E-state index in [1.807, 2.05) is 42.5 Å². The van der Waals surface area contributed by atoms with Crippen molar-refractivity contribution in [1.82, 2.24) is 0 Å². The van der Waals surface area contributed by atoms with Crippen LogP contribution in [0.15, 0.2) is 42.5 Å². The Morgan fingerprint density at radius 3 is 2.21 bits per heavy atom. The monoisotopic (exact) mass is 328 g/mol. The Morgan fingerprint density at radius 1 is 0.917 bits per heavy atom. The Labute approximate surface area is 145 Å². The van der Waals surface area contributed by atoms with Crippen LogP contribution in [0.5, 0.6) is 0 Å². The van der Waals surface area contributed by atoms with Crippen LogP contribution in [-0.4, -0.2) is 43.2 Å². The van der Waals surface area contributed by atoms with E-state index in [-0.39, 0.29) is 5.97 Å². The van der Waals surface area contributed by atoms with Gasteiger partial charge in [0.05, 0.1) is 25.2 Å². The maximum Gasteiger partial charge on any atom is 0.338 e. The third-order valence-electron chi connectivity index (χ3n) is 4.85. The first-order chi connectivity index (χ1) is 11.6. The number of likely N-dealkylation sites (N-methyl/N-ethyl adjacent to an activating group) is 1. The summed E-state index contributed by atoms with van der Waals surface area (Å²) < 4.78 is 6.61. The second-order valence-corrected chi connectivity index (χ2v) is 6.53. The number of rotatable bonds is 9. The van der Waals surface area contributed by atoms with Crippen molar-refractivity contribution >= 4 is 16.7 Å². The number of fused-ring (bicyclic) bond motifs is 1. The summed E-state index contributed by atoms with van der Waals surface area (Å²) in [7, 11) is 0. The average molecular weight is 328 g/mol. The van der Waals surface area contributed by atoms with Gasteiger partial charge in [-0.3, -0.25) is 0 Å². The number of quaternary nitrogens is 1. The van der Waals surface area contributed by atoms with Gasteiger partial charge in [-0.2, -0.15) is 0 Å². The number of nitrogens with zero attached hydrogens (tertiary/aromatic N) is 1. The topological polar surface area (TPSA) is 26.3 Å². The fraction of sp³-hybridized carbons (Fsp3) is 0.476. The van der Waals surface area contributed by atoms with Gasteiger partial charge in [0.2, 0.25) is 0 Å². The van der Waals surface area contributed by atoms with Crippen molar-refractivity contribution in [2.24, 2.45) is 0 Å². The highest BCUT2D eigenvalue weighted by Gasteiger charge is 2.23. The molecule has 0 bridgehead atoms. The van der Waals surface area contributed by atoms with E-state index >= 15 is 0 Å². The second-order valence-electron chi connectivity index (χ2n) is 6.53. The van der Waals surface area contributed by atoms with E-state index in [2.05, 4.69) is 20.8 Å². The highest BCUT2D eigenvalue weighted by Crippen LogP contribution is 2.16. The van der Waals surface area contributed by atoms with Crippen LogP contribution in [0.3, 0.4) is 0 Å². The molecule has 0 spiro atoms. The van der Waals surface area contributed by atoms with Crippen LogP contribution < -0.4 is 0 Å². The van der Waals surface area contributed by atoms with Gasteiger partial charge in [0.25, 0.3) is 0 Å². The van der Waals surface area contributed by atoms with Crippen LogP contribution in [0, 0.1) is 0 Å². The number of hydrogen-bond acceptors (Lipinski definition) is 2. The minimum Gasteiger partial charge on any atom is -0.456 e. The number of ether oxygens (including phenoxy) is 1. The van der Waals surface area contributed by atoms with E-state index in [9.17, 15) is 4.79 Å². The molecule has 0 aliphatic carbocycles. The van der Waals surface area contributed by atoms with Gasteiger partial charge in [-0.1, -0.05) is 44.2 Å². The lowest BCUT2D eigenvalue weighted by molar-refractivity contribution is -0.926. The second kappa shape index (κ2) is 8.84. The molecular formula is C21H30NO2+. The maximum atomic E-state index is 12.3.